The lowest BCUT2D eigenvalue weighted by Gasteiger charge is -2.25. The average molecular weight is 389 g/mol. The molecule has 1 amide bonds. The van der Waals surface area contributed by atoms with Gasteiger partial charge in [0.25, 0.3) is 0 Å². The highest BCUT2D eigenvalue weighted by Gasteiger charge is 2.24. The first kappa shape index (κ1) is 20.2. The summed E-state index contributed by atoms with van der Waals surface area (Å²) in [6, 6.07) is 7.73. The molecule has 2 rings (SSSR count). The molecule has 1 fully saturated rings. The topological polar surface area (TPSA) is 75.7 Å². The van der Waals surface area contributed by atoms with Gasteiger partial charge in [0.15, 0.2) is 0 Å². The molecule has 8 heteroatoms. The summed E-state index contributed by atoms with van der Waals surface area (Å²) in [4.78, 5) is 11.8. The summed E-state index contributed by atoms with van der Waals surface area (Å²) < 4.78 is 30.8. The number of amides is 1. The van der Waals surface area contributed by atoms with Crippen LogP contribution in [0.25, 0.3) is 0 Å². The van der Waals surface area contributed by atoms with Crippen molar-refractivity contribution in [2.75, 3.05) is 38.6 Å². The second-order valence-corrected chi connectivity index (χ2v) is 8.54. The third-order valence-electron chi connectivity index (χ3n) is 4.08. The summed E-state index contributed by atoms with van der Waals surface area (Å²) in [6.07, 6.45) is 2.73. The number of hydrogen-bond donors (Lipinski definition) is 1. The Labute approximate surface area is 154 Å². The Bertz CT molecular complexity index is 643. The number of morpholine rings is 1. The smallest absolute Gasteiger partial charge is 0.221 e. The molecule has 0 spiro atoms. The third-order valence-corrected chi connectivity index (χ3v) is 6.20. The van der Waals surface area contributed by atoms with Crippen molar-refractivity contribution < 1.29 is 17.9 Å². The Hall–Kier alpha value is -1.15. The molecule has 140 valence electrons. The van der Waals surface area contributed by atoms with Crippen molar-refractivity contribution in [3.63, 3.8) is 0 Å². The van der Waals surface area contributed by atoms with Crippen LogP contribution < -0.4 is 5.32 Å². The highest BCUT2D eigenvalue weighted by atomic mass is 35.5. The lowest BCUT2D eigenvalue weighted by Crippen LogP contribution is -2.42. The summed E-state index contributed by atoms with van der Waals surface area (Å²) in [7, 11) is -3.37. The maximum Gasteiger partial charge on any atom is 0.221 e. The van der Waals surface area contributed by atoms with E-state index in [0.717, 1.165) is 24.3 Å². The normalized spacial score (nSPS) is 15.9. The first-order chi connectivity index (χ1) is 12.0. The predicted octanol–water partition coefficient (Wildman–Crippen LogP) is 1.83. The second kappa shape index (κ2) is 10.1. The number of carbonyl (C=O) groups excluding carboxylic acids is 1. The second-order valence-electron chi connectivity index (χ2n) is 6.01. The molecular weight excluding hydrogens is 364 g/mol. The summed E-state index contributed by atoms with van der Waals surface area (Å²) in [5.74, 6) is -0.368. The van der Waals surface area contributed by atoms with Crippen molar-refractivity contribution in [2.24, 2.45) is 0 Å². The van der Waals surface area contributed by atoms with Gasteiger partial charge in [-0.05, 0) is 37.0 Å². The number of halogens is 1. The van der Waals surface area contributed by atoms with Gasteiger partial charge in [-0.1, -0.05) is 23.7 Å². The van der Waals surface area contributed by atoms with Crippen LogP contribution in [0, 0.1) is 0 Å². The molecule has 1 aliphatic heterocycles. The van der Waals surface area contributed by atoms with Crippen molar-refractivity contribution in [2.45, 2.75) is 25.7 Å². The van der Waals surface area contributed by atoms with E-state index in [1.165, 1.54) is 9.87 Å². The molecule has 0 saturated carbocycles. The van der Waals surface area contributed by atoms with Crippen LogP contribution in [0.5, 0.6) is 0 Å². The van der Waals surface area contributed by atoms with E-state index in [1.807, 2.05) is 24.3 Å². The Morgan fingerprint density at radius 3 is 2.52 bits per heavy atom. The number of carbonyl (C=O) groups is 1. The molecule has 1 saturated heterocycles. The molecule has 0 aliphatic carbocycles. The monoisotopic (exact) mass is 388 g/mol. The number of benzene rings is 1. The van der Waals surface area contributed by atoms with E-state index in [0.29, 0.717) is 32.8 Å². The van der Waals surface area contributed by atoms with Gasteiger partial charge in [0, 0.05) is 31.1 Å². The summed E-state index contributed by atoms with van der Waals surface area (Å²) in [5, 5.41) is 3.51. The highest BCUT2D eigenvalue weighted by Crippen LogP contribution is 2.11. The fourth-order valence-electron chi connectivity index (χ4n) is 2.60. The van der Waals surface area contributed by atoms with E-state index in [4.69, 9.17) is 16.3 Å². The zero-order chi connectivity index (χ0) is 18.1. The molecule has 0 radical (unpaired) electrons. The van der Waals surface area contributed by atoms with Crippen LogP contribution in [0.2, 0.25) is 5.02 Å². The van der Waals surface area contributed by atoms with E-state index in [1.54, 1.807) is 0 Å². The van der Waals surface area contributed by atoms with E-state index < -0.39 is 10.0 Å². The van der Waals surface area contributed by atoms with Gasteiger partial charge in [-0.15, -0.1) is 0 Å². The Morgan fingerprint density at radius 1 is 1.16 bits per heavy atom. The molecule has 1 aliphatic rings. The van der Waals surface area contributed by atoms with Crippen molar-refractivity contribution in [3.05, 3.63) is 34.9 Å². The minimum atomic E-state index is -3.37. The van der Waals surface area contributed by atoms with E-state index in [9.17, 15) is 13.2 Å². The third kappa shape index (κ3) is 7.32. The summed E-state index contributed by atoms with van der Waals surface area (Å²) in [6.45, 7) is 2.13. The van der Waals surface area contributed by atoms with Crippen LogP contribution in [0.1, 0.15) is 24.8 Å². The van der Waals surface area contributed by atoms with Gasteiger partial charge in [0.05, 0.1) is 19.0 Å². The van der Waals surface area contributed by atoms with Crippen LogP contribution in [0.3, 0.4) is 0 Å². The van der Waals surface area contributed by atoms with Gasteiger partial charge < -0.3 is 10.1 Å². The fraction of sp³-hybridized carbons (Fsp3) is 0.588. The van der Waals surface area contributed by atoms with Crippen molar-refractivity contribution in [1.29, 1.82) is 0 Å². The fourth-order valence-corrected chi connectivity index (χ4v) is 4.13. The number of sulfonamides is 1. The molecule has 1 aromatic carbocycles. The minimum absolute atomic E-state index is 0.00310. The van der Waals surface area contributed by atoms with Crippen molar-refractivity contribution >= 4 is 27.5 Å². The molecule has 0 atom stereocenters. The first-order valence-corrected chi connectivity index (χ1v) is 10.5. The van der Waals surface area contributed by atoms with Gasteiger partial charge >= 0.3 is 0 Å². The predicted molar refractivity (Wildman–Crippen MR) is 98.2 cm³/mol. The van der Waals surface area contributed by atoms with Crippen molar-refractivity contribution in [1.82, 2.24) is 9.62 Å². The zero-order valence-electron chi connectivity index (χ0n) is 14.2. The number of hydrogen-bond acceptors (Lipinski definition) is 4. The number of aryl methyl sites for hydroxylation is 1. The molecule has 1 aromatic rings. The van der Waals surface area contributed by atoms with E-state index >= 15 is 0 Å². The van der Waals surface area contributed by atoms with Gasteiger partial charge in [-0.2, -0.15) is 4.31 Å². The van der Waals surface area contributed by atoms with Crippen LogP contribution in [-0.4, -0.2) is 57.2 Å². The van der Waals surface area contributed by atoms with E-state index in [2.05, 4.69) is 5.32 Å². The molecule has 25 heavy (non-hydrogen) atoms. The van der Waals surface area contributed by atoms with Crippen LogP contribution >= 0.6 is 11.6 Å². The molecule has 1 N–H and O–H groups in total. The number of nitrogens with zero attached hydrogens (tertiary/aromatic N) is 1. The lowest BCUT2D eigenvalue weighted by molar-refractivity contribution is -0.120. The number of rotatable bonds is 9. The van der Waals surface area contributed by atoms with Crippen LogP contribution in [-0.2, 0) is 26.0 Å². The maximum absolute atomic E-state index is 12.1. The quantitative estimate of drug-likeness (QED) is 0.655. The van der Waals surface area contributed by atoms with E-state index in [-0.39, 0.29) is 18.1 Å². The average Bonchev–Trinajstić information content (AvgIpc) is 2.62. The molecule has 0 bridgehead atoms. The molecule has 6 nitrogen and oxygen atoms in total. The number of unbranched alkanes of at least 4 members (excludes halogenated alkanes) is 1. The highest BCUT2D eigenvalue weighted by molar-refractivity contribution is 7.89. The largest absolute Gasteiger partial charge is 0.379 e. The van der Waals surface area contributed by atoms with Crippen LogP contribution in [0.15, 0.2) is 24.3 Å². The Balaban J connectivity index is 1.58. The summed E-state index contributed by atoms with van der Waals surface area (Å²) >= 11 is 5.84. The van der Waals surface area contributed by atoms with Crippen LogP contribution in [0.4, 0.5) is 0 Å². The Kier molecular flexibility index (Phi) is 8.15. The lowest BCUT2D eigenvalue weighted by atomic mass is 10.1. The van der Waals surface area contributed by atoms with Crippen molar-refractivity contribution in [3.8, 4) is 0 Å². The number of nitrogens with one attached hydrogen (secondary N) is 1. The molecule has 1 heterocycles. The van der Waals surface area contributed by atoms with Gasteiger partial charge in [0.2, 0.25) is 15.9 Å². The Morgan fingerprint density at radius 2 is 1.84 bits per heavy atom. The molecular formula is C17H25ClN2O4S. The van der Waals surface area contributed by atoms with Gasteiger partial charge in [-0.3, -0.25) is 4.79 Å². The number of ether oxygens (including phenoxy) is 1. The first-order valence-electron chi connectivity index (χ1n) is 8.54. The molecule has 0 unspecified atom stereocenters. The SMILES string of the molecule is O=C(CCS(=O)(=O)N1CCOCC1)NCCCCc1ccc(Cl)cc1. The minimum Gasteiger partial charge on any atom is -0.379 e. The standard InChI is InChI=1S/C17H25ClN2O4S/c18-16-6-4-15(5-7-16)3-1-2-9-19-17(21)8-14-25(22,23)20-10-12-24-13-11-20/h4-7H,1-3,8-14H2,(H,19,21). The zero-order valence-corrected chi connectivity index (χ0v) is 15.8. The summed E-state index contributed by atoms with van der Waals surface area (Å²) in [5.41, 5.74) is 1.22. The molecule has 0 aromatic heterocycles. The maximum atomic E-state index is 12.1. The van der Waals surface area contributed by atoms with Gasteiger partial charge in [-0.25, -0.2) is 8.42 Å². The van der Waals surface area contributed by atoms with Gasteiger partial charge in [0.1, 0.15) is 0 Å².